The Balaban J connectivity index is 2.02. The van der Waals surface area contributed by atoms with Crippen LogP contribution in [-0.2, 0) is 4.74 Å². The molecule has 0 amide bonds. The number of hydrogen-bond donors (Lipinski definition) is 1. The van der Waals surface area contributed by atoms with Crippen LogP contribution in [0.25, 0.3) is 0 Å². The molecule has 1 saturated heterocycles. The van der Waals surface area contributed by atoms with E-state index in [1.165, 1.54) is 32.2 Å². The van der Waals surface area contributed by atoms with E-state index >= 15 is 0 Å². The lowest BCUT2D eigenvalue weighted by Crippen LogP contribution is -2.70. The van der Waals surface area contributed by atoms with E-state index in [-0.39, 0.29) is 0 Å². The average Bonchev–Trinajstić information content (AvgIpc) is 3.26. The van der Waals surface area contributed by atoms with E-state index in [9.17, 15) is 0 Å². The highest BCUT2D eigenvalue weighted by Crippen LogP contribution is 2.45. The maximum atomic E-state index is 5.81. The predicted octanol–water partition coefficient (Wildman–Crippen LogP) is 3.04. The van der Waals surface area contributed by atoms with E-state index in [0.717, 1.165) is 25.6 Å². The number of piperazine rings is 1. The van der Waals surface area contributed by atoms with Crippen LogP contribution in [0.15, 0.2) is 0 Å². The third-order valence-corrected chi connectivity index (χ3v) is 5.66. The molecule has 20 heavy (non-hydrogen) atoms. The van der Waals surface area contributed by atoms with Gasteiger partial charge in [0, 0.05) is 30.7 Å². The van der Waals surface area contributed by atoms with Crippen molar-refractivity contribution in [1.29, 1.82) is 0 Å². The maximum Gasteiger partial charge on any atom is 0.0597 e. The fraction of sp³-hybridized carbons (Fsp3) is 1.00. The van der Waals surface area contributed by atoms with Gasteiger partial charge in [-0.3, -0.25) is 4.90 Å². The van der Waals surface area contributed by atoms with E-state index in [0.29, 0.717) is 17.2 Å². The summed E-state index contributed by atoms with van der Waals surface area (Å²) < 4.78 is 5.81. The second-order valence-corrected chi connectivity index (χ2v) is 7.31. The first kappa shape index (κ1) is 16.3. The third-order valence-electron chi connectivity index (χ3n) is 5.66. The van der Waals surface area contributed by atoms with Crippen molar-refractivity contribution in [3.05, 3.63) is 0 Å². The molecule has 0 aromatic carbocycles. The van der Waals surface area contributed by atoms with Crippen molar-refractivity contribution in [2.75, 3.05) is 26.2 Å². The summed E-state index contributed by atoms with van der Waals surface area (Å²) in [5.74, 6) is 0.890. The van der Waals surface area contributed by atoms with Gasteiger partial charge >= 0.3 is 0 Å². The first-order valence-electron chi connectivity index (χ1n) is 8.57. The SMILES string of the molecule is CCC1(CC)CN(CCOC(C)C)C(C)(C2CC2)CN1. The summed E-state index contributed by atoms with van der Waals surface area (Å²) in [5, 5.41) is 3.89. The lowest BCUT2D eigenvalue weighted by Gasteiger charge is -2.53. The van der Waals surface area contributed by atoms with Crippen LogP contribution >= 0.6 is 0 Å². The molecule has 0 bridgehead atoms. The van der Waals surface area contributed by atoms with Gasteiger partial charge in [-0.15, -0.1) is 0 Å². The molecule has 118 valence electrons. The van der Waals surface area contributed by atoms with Gasteiger partial charge in [-0.2, -0.15) is 0 Å². The van der Waals surface area contributed by atoms with Gasteiger partial charge < -0.3 is 10.1 Å². The molecule has 2 aliphatic rings. The molecule has 0 aromatic heterocycles. The normalized spacial score (nSPS) is 30.9. The Morgan fingerprint density at radius 3 is 2.40 bits per heavy atom. The third kappa shape index (κ3) is 3.37. The summed E-state index contributed by atoms with van der Waals surface area (Å²) in [4.78, 5) is 2.73. The Hall–Kier alpha value is -0.120. The molecule has 0 aromatic rings. The molecule has 0 radical (unpaired) electrons. The summed E-state index contributed by atoms with van der Waals surface area (Å²) >= 11 is 0. The fourth-order valence-electron chi connectivity index (χ4n) is 3.64. The largest absolute Gasteiger partial charge is 0.377 e. The average molecular weight is 282 g/mol. The summed E-state index contributed by atoms with van der Waals surface area (Å²) in [6.45, 7) is 15.6. The quantitative estimate of drug-likeness (QED) is 0.777. The monoisotopic (exact) mass is 282 g/mol. The lowest BCUT2D eigenvalue weighted by molar-refractivity contribution is -0.0289. The van der Waals surface area contributed by atoms with Crippen LogP contribution in [0.2, 0.25) is 0 Å². The van der Waals surface area contributed by atoms with E-state index in [1.54, 1.807) is 0 Å². The lowest BCUT2D eigenvalue weighted by atomic mass is 9.82. The molecule has 1 saturated carbocycles. The number of hydrogen-bond acceptors (Lipinski definition) is 3. The highest BCUT2D eigenvalue weighted by molar-refractivity contribution is 5.08. The van der Waals surface area contributed by atoms with Crippen molar-refractivity contribution in [1.82, 2.24) is 10.2 Å². The Morgan fingerprint density at radius 2 is 1.90 bits per heavy atom. The number of rotatable bonds is 7. The van der Waals surface area contributed by atoms with Crippen LogP contribution in [0.5, 0.6) is 0 Å². The van der Waals surface area contributed by atoms with Gasteiger partial charge in [0.1, 0.15) is 0 Å². The minimum atomic E-state index is 0.312. The molecule has 0 spiro atoms. The Bertz CT molecular complexity index is 310. The smallest absolute Gasteiger partial charge is 0.0597 e. The summed E-state index contributed by atoms with van der Waals surface area (Å²) in [7, 11) is 0. The number of ether oxygens (including phenoxy) is 1. The van der Waals surface area contributed by atoms with Crippen molar-refractivity contribution >= 4 is 0 Å². The first-order chi connectivity index (χ1) is 9.46. The van der Waals surface area contributed by atoms with E-state index < -0.39 is 0 Å². The van der Waals surface area contributed by atoms with E-state index in [4.69, 9.17) is 4.74 Å². The van der Waals surface area contributed by atoms with Crippen molar-refractivity contribution in [2.45, 2.75) is 77.5 Å². The molecule has 1 unspecified atom stereocenters. The molecule has 1 heterocycles. The summed E-state index contributed by atoms with van der Waals surface area (Å²) in [6.07, 6.45) is 5.58. The van der Waals surface area contributed by atoms with Crippen molar-refractivity contribution < 1.29 is 4.74 Å². The molecule has 1 N–H and O–H groups in total. The molecule has 3 heteroatoms. The number of nitrogens with one attached hydrogen (secondary N) is 1. The summed E-state index contributed by atoms with van der Waals surface area (Å²) in [5.41, 5.74) is 0.653. The van der Waals surface area contributed by atoms with Crippen molar-refractivity contribution in [3.63, 3.8) is 0 Å². The van der Waals surface area contributed by atoms with Gasteiger partial charge in [0.2, 0.25) is 0 Å². The van der Waals surface area contributed by atoms with Gasteiger partial charge in [0.15, 0.2) is 0 Å². The second-order valence-electron chi connectivity index (χ2n) is 7.31. The molecule has 1 aliphatic carbocycles. The van der Waals surface area contributed by atoms with Gasteiger partial charge in [0.25, 0.3) is 0 Å². The standard InChI is InChI=1S/C17H34N2O/c1-6-17(7-2)13-19(10-11-20-14(3)4)16(5,12-18-17)15-8-9-15/h14-15,18H,6-13H2,1-5H3. The molecular formula is C17H34N2O. The maximum absolute atomic E-state index is 5.81. The molecular weight excluding hydrogens is 248 g/mol. The zero-order valence-electron chi connectivity index (χ0n) is 14.2. The van der Waals surface area contributed by atoms with Crippen LogP contribution < -0.4 is 5.32 Å². The highest BCUT2D eigenvalue weighted by atomic mass is 16.5. The van der Waals surface area contributed by atoms with Gasteiger partial charge in [-0.1, -0.05) is 13.8 Å². The van der Waals surface area contributed by atoms with Crippen LogP contribution in [0, 0.1) is 5.92 Å². The molecule has 1 atom stereocenters. The Morgan fingerprint density at radius 1 is 1.25 bits per heavy atom. The van der Waals surface area contributed by atoms with Crippen LogP contribution in [-0.4, -0.2) is 48.3 Å². The zero-order valence-corrected chi connectivity index (χ0v) is 14.2. The minimum Gasteiger partial charge on any atom is -0.377 e. The number of nitrogens with zero attached hydrogens (tertiary/aromatic N) is 1. The van der Waals surface area contributed by atoms with Crippen molar-refractivity contribution in [2.24, 2.45) is 5.92 Å². The summed E-state index contributed by atoms with van der Waals surface area (Å²) in [6, 6.07) is 0. The topological polar surface area (TPSA) is 24.5 Å². The predicted molar refractivity (Wildman–Crippen MR) is 85.1 cm³/mol. The van der Waals surface area contributed by atoms with E-state index in [2.05, 4.69) is 44.8 Å². The van der Waals surface area contributed by atoms with Crippen LogP contribution in [0.4, 0.5) is 0 Å². The highest BCUT2D eigenvalue weighted by Gasteiger charge is 2.50. The van der Waals surface area contributed by atoms with Crippen molar-refractivity contribution in [3.8, 4) is 0 Å². The Labute approximate surface area is 125 Å². The van der Waals surface area contributed by atoms with Gasteiger partial charge in [-0.05, 0) is 52.4 Å². The second kappa shape index (κ2) is 6.33. The minimum absolute atomic E-state index is 0.312. The van der Waals surface area contributed by atoms with E-state index in [1.807, 2.05) is 0 Å². The Kier molecular flexibility index (Phi) is 5.14. The molecule has 2 fully saturated rings. The first-order valence-corrected chi connectivity index (χ1v) is 8.57. The molecule has 2 rings (SSSR count). The van der Waals surface area contributed by atoms with Gasteiger partial charge in [0.05, 0.1) is 12.7 Å². The van der Waals surface area contributed by atoms with Crippen LogP contribution in [0.1, 0.15) is 60.3 Å². The zero-order chi connectivity index (χ0) is 14.8. The molecule has 1 aliphatic heterocycles. The fourth-order valence-corrected chi connectivity index (χ4v) is 3.64. The van der Waals surface area contributed by atoms with Gasteiger partial charge in [-0.25, -0.2) is 0 Å². The van der Waals surface area contributed by atoms with Crippen LogP contribution in [0.3, 0.4) is 0 Å². The molecule has 3 nitrogen and oxygen atoms in total.